The van der Waals surface area contributed by atoms with Crippen LogP contribution in [0.1, 0.15) is 65.7 Å². The monoisotopic (exact) mass is 250 g/mol. The molecule has 0 aromatic heterocycles. The Bertz CT molecular complexity index is 183. The fourth-order valence-corrected chi connectivity index (χ4v) is 2.06. The highest BCUT2D eigenvalue weighted by Crippen LogP contribution is 2.50. The van der Waals surface area contributed by atoms with Crippen molar-refractivity contribution in [3.63, 3.8) is 0 Å². The molecule has 0 aromatic carbocycles. The molecule has 0 saturated heterocycles. The van der Waals surface area contributed by atoms with E-state index in [9.17, 15) is 8.78 Å². The zero-order chi connectivity index (χ0) is 13.4. The number of rotatable bonds is 8. The maximum atomic E-state index is 12.5. The van der Waals surface area contributed by atoms with Gasteiger partial charge in [0.2, 0.25) is 5.92 Å². The Kier molecular flexibility index (Phi) is 7.93. The molecule has 104 valence electrons. The Hall–Kier alpha value is -0.180. The number of unbranched alkanes of at least 4 members (excludes halogenated alkanes) is 2. The molecule has 0 unspecified atom stereocenters. The van der Waals surface area contributed by atoms with Crippen LogP contribution in [0.15, 0.2) is 0 Å². The summed E-state index contributed by atoms with van der Waals surface area (Å²) < 4.78 is 30.2. The summed E-state index contributed by atoms with van der Waals surface area (Å²) in [5.41, 5.74) is 0.420. The summed E-state index contributed by atoms with van der Waals surface area (Å²) in [5, 5.41) is 0. The van der Waals surface area contributed by atoms with Crippen LogP contribution in [-0.2, 0) is 4.74 Å². The third-order valence-corrected chi connectivity index (χ3v) is 3.23. The van der Waals surface area contributed by atoms with E-state index in [4.69, 9.17) is 4.74 Å². The van der Waals surface area contributed by atoms with Crippen LogP contribution in [0.3, 0.4) is 0 Å². The lowest BCUT2D eigenvalue weighted by atomic mass is 9.98. The molecule has 0 aromatic rings. The first-order valence-corrected chi connectivity index (χ1v) is 6.84. The smallest absolute Gasteiger partial charge is 0.245 e. The lowest BCUT2D eigenvalue weighted by molar-refractivity contribution is 0.0102. The molecular weight excluding hydrogens is 222 g/mol. The van der Waals surface area contributed by atoms with Crippen molar-refractivity contribution < 1.29 is 13.5 Å². The Morgan fingerprint density at radius 1 is 1.12 bits per heavy atom. The zero-order valence-electron chi connectivity index (χ0n) is 11.8. The fraction of sp³-hybridized carbons (Fsp3) is 1.00. The van der Waals surface area contributed by atoms with E-state index in [-0.39, 0.29) is 6.42 Å². The molecule has 1 nitrogen and oxygen atoms in total. The van der Waals surface area contributed by atoms with E-state index in [1.807, 2.05) is 13.8 Å². The van der Waals surface area contributed by atoms with Crippen LogP contribution in [0, 0.1) is 5.41 Å². The van der Waals surface area contributed by atoms with Crippen LogP contribution in [0.4, 0.5) is 8.78 Å². The van der Waals surface area contributed by atoms with Crippen molar-refractivity contribution in [3.05, 3.63) is 0 Å². The second-order valence-electron chi connectivity index (χ2n) is 5.06. The molecular formula is C14H28F2O. The molecule has 0 heterocycles. The van der Waals surface area contributed by atoms with Gasteiger partial charge >= 0.3 is 0 Å². The lowest BCUT2D eigenvalue weighted by Gasteiger charge is -2.14. The van der Waals surface area contributed by atoms with E-state index in [2.05, 4.69) is 0 Å². The van der Waals surface area contributed by atoms with Gasteiger partial charge in [0.25, 0.3) is 0 Å². The van der Waals surface area contributed by atoms with Gasteiger partial charge in [-0.25, -0.2) is 8.78 Å². The SMILES string of the molecule is CC.COCC1(CCCCCC(C)(F)F)CC1. The highest BCUT2D eigenvalue weighted by Gasteiger charge is 2.41. The second kappa shape index (κ2) is 8.02. The fourth-order valence-electron chi connectivity index (χ4n) is 2.06. The highest BCUT2D eigenvalue weighted by molar-refractivity contribution is 4.92. The molecule has 0 spiro atoms. The van der Waals surface area contributed by atoms with Crippen LogP contribution in [0.25, 0.3) is 0 Å². The first-order valence-electron chi connectivity index (χ1n) is 6.84. The molecule has 1 fully saturated rings. The normalized spacial score (nSPS) is 17.3. The molecule has 0 aliphatic heterocycles. The predicted molar refractivity (Wildman–Crippen MR) is 68.6 cm³/mol. The van der Waals surface area contributed by atoms with Crippen LogP contribution < -0.4 is 0 Å². The molecule has 3 heteroatoms. The Balaban J connectivity index is 0.00000121. The summed E-state index contributed by atoms with van der Waals surface area (Å²) in [5.74, 6) is -2.48. The topological polar surface area (TPSA) is 9.23 Å². The highest BCUT2D eigenvalue weighted by atomic mass is 19.3. The van der Waals surface area contributed by atoms with Crippen molar-refractivity contribution >= 4 is 0 Å². The van der Waals surface area contributed by atoms with Crippen molar-refractivity contribution in [2.75, 3.05) is 13.7 Å². The summed E-state index contributed by atoms with van der Waals surface area (Å²) in [6.07, 6.45) is 6.33. The largest absolute Gasteiger partial charge is 0.384 e. The first kappa shape index (κ1) is 16.8. The number of alkyl halides is 2. The van der Waals surface area contributed by atoms with Crippen molar-refractivity contribution in [2.45, 2.75) is 71.6 Å². The molecule has 0 bridgehead atoms. The van der Waals surface area contributed by atoms with E-state index >= 15 is 0 Å². The molecule has 0 amide bonds. The van der Waals surface area contributed by atoms with Gasteiger partial charge in [0, 0.05) is 13.5 Å². The summed E-state index contributed by atoms with van der Waals surface area (Å²) in [7, 11) is 1.73. The summed E-state index contributed by atoms with van der Waals surface area (Å²) in [4.78, 5) is 0. The Labute approximate surface area is 105 Å². The summed E-state index contributed by atoms with van der Waals surface area (Å²) in [6.45, 7) is 5.84. The maximum absolute atomic E-state index is 12.5. The van der Waals surface area contributed by atoms with Crippen LogP contribution >= 0.6 is 0 Å². The van der Waals surface area contributed by atoms with Gasteiger partial charge in [-0.3, -0.25) is 0 Å². The molecule has 17 heavy (non-hydrogen) atoms. The Morgan fingerprint density at radius 3 is 2.12 bits per heavy atom. The number of hydrogen-bond donors (Lipinski definition) is 0. The van der Waals surface area contributed by atoms with Crippen molar-refractivity contribution in [1.82, 2.24) is 0 Å². The molecule has 1 saturated carbocycles. The molecule has 1 aliphatic carbocycles. The van der Waals surface area contributed by atoms with E-state index in [0.717, 1.165) is 32.8 Å². The second-order valence-corrected chi connectivity index (χ2v) is 5.06. The van der Waals surface area contributed by atoms with Crippen molar-refractivity contribution in [1.29, 1.82) is 0 Å². The van der Waals surface area contributed by atoms with E-state index in [1.165, 1.54) is 12.8 Å². The van der Waals surface area contributed by atoms with Gasteiger partial charge in [-0.15, -0.1) is 0 Å². The summed E-state index contributed by atoms with van der Waals surface area (Å²) in [6, 6.07) is 0. The minimum Gasteiger partial charge on any atom is -0.384 e. The minimum absolute atomic E-state index is 0.0320. The average Bonchev–Trinajstić information content (AvgIpc) is 3.00. The van der Waals surface area contributed by atoms with E-state index < -0.39 is 5.92 Å². The third-order valence-electron chi connectivity index (χ3n) is 3.23. The van der Waals surface area contributed by atoms with E-state index in [1.54, 1.807) is 7.11 Å². The predicted octanol–water partition coefficient (Wildman–Crippen LogP) is 5.04. The van der Waals surface area contributed by atoms with Crippen LogP contribution in [-0.4, -0.2) is 19.6 Å². The number of methoxy groups -OCH3 is 1. The van der Waals surface area contributed by atoms with Gasteiger partial charge in [0.1, 0.15) is 0 Å². The summed E-state index contributed by atoms with van der Waals surface area (Å²) >= 11 is 0. The molecule has 1 rings (SSSR count). The standard InChI is InChI=1S/C12H22F2O.C2H6/c1-11(13,14)6-4-3-5-7-12(8-9-12)10-15-2;1-2/h3-10H2,1-2H3;1-2H3. The van der Waals surface area contributed by atoms with Gasteiger partial charge < -0.3 is 4.74 Å². The van der Waals surface area contributed by atoms with Gasteiger partial charge in [0.05, 0.1) is 6.61 Å². The number of halogens is 2. The number of ether oxygens (including phenoxy) is 1. The molecule has 0 atom stereocenters. The van der Waals surface area contributed by atoms with Crippen LogP contribution in [0.2, 0.25) is 0 Å². The van der Waals surface area contributed by atoms with Gasteiger partial charge in [-0.05, 0) is 38.0 Å². The number of hydrogen-bond acceptors (Lipinski definition) is 1. The minimum atomic E-state index is -2.48. The van der Waals surface area contributed by atoms with Gasteiger partial charge in [-0.2, -0.15) is 0 Å². The first-order chi connectivity index (χ1) is 7.97. The maximum Gasteiger partial charge on any atom is 0.245 e. The van der Waals surface area contributed by atoms with Crippen LogP contribution in [0.5, 0.6) is 0 Å². The van der Waals surface area contributed by atoms with E-state index in [0.29, 0.717) is 11.8 Å². The third kappa shape index (κ3) is 8.53. The Morgan fingerprint density at radius 2 is 1.71 bits per heavy atom. The van der Waals surface area contributed by atoms with Gasteiger partial charge in [-0.1, -0.05) is 26.7 Å². The van der Waals surface area contributed by atoms with Crippen molar-refractivity contribution in [3.8, 4) is 0 Å². The molecule has 0 radical (unpaired) electrons. The quantitative estimate of drug-likeness (QED) is 0.548. The zero-order valence-corrected chi connectivity index (χ0v) is 11.8. The average molecular weight is 250 g/mol. The molecule has 0 N–H and O–H groups in total. The molecule has 1 aliphatic rings. The van der Waals surface area contributed by atoms with Crippen molar-refractivity contribution in [2.24, 2.45) is 5.41 Å². The lowest BCUT2D eigenvalue weighted by Crippen LogP contribution is -2.10. The van der Waals surface area contributed by atoms with Gasteiger partial charge in [0.15, 0.2) is 0 Å².